The van der Waals surface area contributed by atoms with Crippen molar-refractivity contribution in [2.75, 3.05) is 26.4 Å². The molecule has 0 heterocycles. The molecule has 0 aliphatic carbocycles. The van der Waals surface area contributed by atoms with Crippen molar-refractivity contribution in [3.05, 3.63) is 36.4 Å². The molecule has 0 unspecified atom stereocenters. The fourth-order valence-electron chi connectivity index (χ4n) is 1.39. The molecule has 0 aliphatic rings. The van der Waals surface area contributed by atoms with Crippen LogP contribution < -0.4 is 4.74 Å². The third-order valence-electron chi connectivity index (χ3n) is 2.40. The van der Waals surface area contributed by atoms with Crippen molar-refractivity contribution in [2.45, 2.75) is 13.3 Å². The summed E-state index contributed by atoms with van der Waals surface area (Å²) in [7, 11) is 0. The minimum Gasteiger partial charge on any atom is -0.491 e. The summed E-state index contributed by atoms with van der Waals surface area (Å²) in [6, 6.07) is 7.89. The van der Waals surface area contributed by atoms with E-state index in [0.717, 1.165) is 23.3 Å². The van der Waals surface area contributed by atoms with Crippen LogP contribution in [0.4, 0.5) is 0 Å². The van der Waals surface area contributed by atoms with E-state index in [1.54, 1.807) is 0 Å². The van der Waals surface area contributed by atoms with E-state index in [2.05, 4.69) is 13.5 Å². The minimum atomic E-state index is 0.0474. The Hall–Kier alpha value is -1.32. The maximum atomic E-state index is 8.53. The molecule has 1 rings (SSSR count). The quantitative estimate of drug-likeness (QED) is 0.705. The first-order valence-corrected chi connectivity index (χ1v) is 5.87. The normalized spacial score (nSPS) is 10.2. The van der Waals surface area contributed by atoms with E-state index in [1.165, 1.54) is 0 Å². The van der Waals surface area contributed by atoms with Crippen molar-refractivity contribution in [2.24, 2.45) is 0 Å². The van der Waals surface area contributed by atoms with E-state index in [1.807, 2.05) is 24.3 Å². The zero-order valence-electron chi connectivity index (χ0n) is 10.3. The largest absolute Gasteiger partial charge is 0.491 e. The minimum absolute atomic E-state index is 0.0474. The molecule has 0 radical (unpaired) electrons. The fraction of sp³-hybridized carbons (Fsp3) is 0.429. The molecule has 1 N–H and O–H groups in total. The molecule has 0 aromatic heterocycles. The molecular weight excluding hydrogens is 216 g/mol. The van der Waals surface area contributed by atoms with Gasteiger partial charge in [0.1, 0.15) is 12.4 Å². The van der Waals surface area contributed by atoms with E-state index < -0.39 is 0 Å². The second-order valence-electron chi connectivity index (χ2n) is 3.67. The Morgan fingerprint density at radius 3 is 2.82 bits per heavy atom. The third-order valence-corrected chi connectivity index (χ3v) is 2.40. The van der Waals surface area contributed by atoms with Gasteiger partial charge in [0.25, 0.3) is 0 Å². The van der Waals surface area contributed by atoms with Crippen LogP contribution in [0.2, 0.25) is 0 Å². The maximum Gasteiger partial charge on any atom is 0.120 e. The summed E-state index contributed by atoms with van der Waals surface area (Å²) in [5, 5.41) is 8.53. The molecule has 94 valence electrons. The van der Waals surface area contributed by atoms with Gasteiger partial charge >= 0.3 is 0 Å². The average Bonchev–Trinajstić information content (AvgIpc) is 2.38. The highest BCUT2D eigenvalue weighted by atomic mass is 16.5. The SMILES string of the molecule is C=C(CC)c1cccc(OCCOCCO)c1. The van der Waals surface area contributed by atoms with Gasteiger partial charge in [-0.1, -0.05) is 25.6 Å². The van der Waals surface area contributed by atoms with E-state index >= 15 is 0 Å². The number of hydrogen-bond acceptors (Lipinski definition) is 3. The third kappa shape index (κ3) is 5.02. The highest BCUT2D eigenvalue weighted by Crippen LogP contribution is 2.20. The van der Waals surface area contributed by atoms with E-state index in [4.69, 9.17) is 14.6 Å². The Balaban J connectivity index is 2.40. The smallest absolute Gasteiger partial charge is 0.120 e. The van der Waals surface area contributed by atoms with Gasteiger partial charge in [-0.3, -0.25) is 0 Å². The van der Waals surface area contributed by atoms with Gasteiger partial charge in [-0.25, -0.2) is 0 Å². The molecule has 0 amide bonds. The number of rotatable bonds is 8. The lowest BCUT2D eigenvalue weighted by Gasteiger charge is -2.09. The number of hydrogen-bond donors (Lipinski definition) is 1. The summed E-state index contributed by atoms with van der Waals surface area (Å²) in [6.45, 7) is 7.46. The molecule has 0 saturated heterocycles. The van der Waals surface area contributed by atoms with Crippen molar-refractivity contribution < 1.29 is 14.6 Å². The first-order valence-electron chi connectivity index (χ1n) is 5.87. The van der Waals surface area contributed by atoms with Gasteiger partial charge in [0.2, 0.25) is 0 Å². The second kappa shape index (κ2) is 7.87. The molecular formula is C14H20O3. The van der Waals surface area contributed by atoms with E-state index in [0.29, 0.717) is 19.8 Å². The fourth-order valence-corrected chi connectivity index (χ4v) is 1.39. The number of ether oxygens (including phenoxy) is 2. The molecule has 1 aromatic carbocycles. The van der Waals surface area contributed by atoms with Crippen LogP contribution in [0.25, 0.3) is 5.57 Å². The molecule has 0 aliphatic heterocycles. The van der Waals surface area contributed by atoms with Gasteiger partial charge in [-0.2, -0.15) is 0 Å². The van der Waals surface area contributed by atoms with Gasteiger partial charge in [0, 0.05) is 0 Å². The number of aliphatic hydroxyl groups is 1. The van der Waals surface area contributed by atoms with Crippen molar-refractivity contribution in [1.82, 2.24) is 0 Å². The first-order chi connectivity index (χ1) is 8.27. The van der Waals surface area contributed by atoms with Gasteiger partial charge in [0.15, 0.2) is 0 Å². The lowest BCUT2D eigenvalue weighted by Crippen LogP contribution is -2.09. The van der Waals surface area contributed by atoms with Crippen molar-refractivity contribution >= 4 is 5.57 Å². The average molecular weight is 236 g/mol. The zero-order valence-corrected chi connectivity index (χ0v) is 10.3. The van der Waals surface area contributed by atoms with Crippen molar-refractivity contribution in [3.8, 4) is 5.75 Å². The molecule has 0 bridgehead atoms. The van der Waals surface area contributed by atoms with Crippen LogP contribution in [0.1, 0.15) is 18.9 Å². The summed E-state index contributed by atoms with van der Waals surface area (Å²) < 4.78 is 10.7. The van der Waals surface area contributed by atoms with Gasteiger partial charge in [-0.05, 0) is 29.7 Å². The summed E-state index contributed by atoms with van der Waals surface area (Å²) >= 11 is 0. The lowest BCUT2D eigenvalue weighted by molar-refractivity contribution is 0.0705. The van der Waals surface area contributed by atoms with Crippen LogP contribution in [-0.2, 0) is 4.74 Å². The Morgan fingerprint density at radius 1 is 1.29 bits per heavy atom. The summed E-state index contributed by atoms with van der Waals surface area (Å²) in [5.41, 5.74) is 2.22. The highest BCUT2D eigenvalue weighted by Gasteiger charge is 1.99. The first kappa shape index (κ1) is 13.7. The van der Waals surface area contributed by atoms with Crippen molar-refractivity contribution in [1.29, 1.82) is 0 Å². The Kier molecular flexibility index (Phi) is 6.37. The van der Waals surface area contributed by atoms with Gasteiger partial charge < -0.3 is 14.6 Å². The van der Waals surface area contributed by atoms with E-state index in [9.17, 15) is 0 Å². The molecule has 17 heavy (non-hydrogen) atoms. The number of aliphatic hydroxyl groups excluding tert-OH is 1. The topological polar surface area (TPSA) is 38.7 Å². The van der Waals surface area contributed by atoms with Gasteiger partial charge in [-0.15, -0.1) is 0 Å². The Bertz CT molecular complexity index is 347. The van der Waals surface area contributed by atoms with Crippen LogP contribution in [0, 0.1) is 0 Å². The standard InChI is InChI=1S/C14H20O3/c1-3-12(2)13-5-4-6-14(11-13)17-10-9-16-8-7-15/h4-6,11,15H,2-3,7-10H2,1H3. The molecule has 0 saturated carbocycles. The van der Waals surface area contributed by atoms with Crippen LogP contribution >= 0.6 is 0 Å². The number of allylic oxidation sites excluding steroid dienone is 1. The van der Waals surface area contributed by atoms with Crippen LogP contribution in [0.3, 0.4) is 0 Å². The predicted molar refractivity (Wildman–Crippen MR) is 69.2 cm³/mol. The van der Waals surface area contributed by atoms with Crippen LogP contribution in [0.5, 0.6) is 5.75 Å². The molecule has 0 atom stereocenters. The zero-order chi connectivity index (χ0) is 12.5. The number of benzene rings is 1. The molecule has 1 aromatic rings. The molecule has 0 fully saturated rings. The monoisotopic (exact) mass is 236 g/mol. The molecule has 3 heteroatoms. The van der Waals surface area contributed by atoms with E-state index in [-0.39, 0.29) is 6.61 Å². The summed E-state index contributed by atoms with van der Waals surface area (Å²) in [4.78, 5) is 0. The Morgan fingerprint density at radius 2 is 2.12 bits per heavy atom. The summed E-state index contributed by atoms with van der Waals surface area (Å²) in [5.74, 6) is 0.824. The van der Waals surface area contributed by atoms with Gasteiger partial charge in [0.05, 0.1) is 19.8 Å². The second-order valence-corrected chi connectivity index (χ2v) is 3.67. The van der Waals surface area contributed by atoms with Crippen LogP contribution in [0.15, 0.2) is 30.8 Å². The maximum absolute atomic E-state index is 8.53. The highest BCUT2D eigenvalue weighted by molar-refractivity contribution is 5.64. The van der Waals surface area contributed by atoms with Crippen LogP contribution in [-0.4, -0.2) is 31.5 Å². The molecule has 0 spiro atoms. The molecule has 3 nitrogen and oxygen atoms in total. The Labute approximate surface area is 103 Å². The predicted octanol–water partition coefficient (Wildman–Crippen LogP) is 2.50. The summed E-state index contributed by atoms with van der Waals surface area (Å²) in [6.07, 6.45) is 0.934. The van der Waals surface area contributed by atoms with Crippen molar-refractivity contribution in [3.63, 3.8) is 0 Å². The lowest BCUT2D eigenvalue weighted by atomic mass is 10.1.